The Morgan fingerprint density at radius 1 is 1.12 bits per heavy atom. The standard InChI is InChI=1S/C14H15NOS/c1-8-5-6-12(7-9(8)2)13(16)14-10(3)15-11(4)17-14/h5-7H,1-4H3. The number of nitrogens with zero attached hydrogens (tertiary/aromatic N) is 1. The van der Waals surface area contributed by atoms with E-state index in [1.54, 1.807) is 0 Å². The Labute approximate surface area is 105 Å². The Morgan fingerprint density at radius 2 is 1.82 bits per heavy atom. The molecule has 0 spiro atoms. The van der Waals surface area contributed by atoms with Gasteiger partial charge in [-0.25, -0.2) is 4.98 Å². The van der Waals surface area contributed by atoms with Crippen molar-refractivity contribution in [3.8, 4) is 0 Å². The van der Waals surface area contributed by atoms with E-state index in [-0.39, 0.29) is 5.78 Å². The van der Waals surface area contributed by atoms with E-state index in [0.717, 1.165) is 26.7 Å². The molecule has 0 aliphatic heterocycles. The summed E-state index contributed by atoms with van der Waals surface area (Å²) in [4.78, 5) is 17.4. The molecule has 2 nitrogen and oxygen atoms in total. The highest BCUT2D eigenvalue weighted by molar-refractivity contribution is 7.14. The lowest BCUT2D eigenvalue weighted by Gasteiger charge is -2.03. The van der Waals surface area contributed by atoms with Crippen LogP contribution in [0.3, 0.4) is 0 Å². The third-order valence-corrected chi connectivity index (χ3v) is 3.95. The van der Waals surface area contributed by atoms with Gasteiger partial charge < -0.3 is 0 Å². The van der Waals surface area contributed by atoms with Gasteiger partial charge in [-0.3, -0.25) is 4.79 Å². The minimum Gasteiger partial charge on any atom is -0.288 e. The molecule has 0 amide bonds. The van der Waals surface area contributed by atoms with Crippen molar-refractivity contribution in [3.63, 3.8) is 0 Å². The Kier molecular flexibility index (Phi) is 3.11. The number of ketones is 1. The second-order valence-electron chi connectivity index (χ2n) is 4.28. The molecule has 1 aromatic carbocycles. The molecule has 0 aliphatic rings. The minimum atomic E-state index is 0.0798. The molecule has 0 atom stereocenters. The van der Waals surface area contributed by atoms with Gasteiger partial charge in [0.2, 0.25) is 5.78 Å². The van der Waals surface area contributed by atoms with E-state index in [1.807, 2.05) is 45.9 Å². The highest BCUT2D eigenvalue weighted by Gasteiger charge is 2.16. The van der Waals surface area contributed by atoms with E-state index in [2.05, 4.69) is 4.98 Å². The van der Waals surface area contributed by atoms with Gasteiger partial charge in [0.15, 0.2) is 0 Å². The Hall–Kier alpha value is -1.48. The molecule has 0 radical (unpaired) electrons. The maximum Gasteiger partial charge on any atom is 0.204 e. The number of benzene rings is 1. The fraction of sp³-hybridized carbons (Fsp3) is 0.286. The number of aryl methyl sites for hydroxylation is 4. The van der Waals surface area contributed by atoms with E-state index in [9.17, 15) is 4.79 Å². The highest BCUT2D eigenvalue weighted by atomic mass is 32.1. The molecule has 0 saturated carbocycles. The number of rotatable bonds is 2. The molecule has 0 bridgehead atoms. The molecule has 0 aliphatic carbocycles. The maximum absolute atomic E-state index is 12.3. The monoisotopic (exact) mass is 245 g/mol. The summed E-state index contributed by atoms with van der Waals surface area (Å²) >= 11 is 1.47. The lowest BCUT2D eigenvalue weighted by atomic mass is 10.0. The van der Waals surface area contributed by atoms with E-state index >= 15 is 0 Å². The first kappa shape index (κ1) is 12.0. The van der Waals surface area contributed by atoms with Crippen molar-refractivity contribution in [2.45, 2.75) is 27.7 Å². The minimum absolute atomic E-state index is 0.0798. The average Bonchev–Trinajstić information content (AvgIpc) is 2.61. The molecule has 0 unspecified atom stereocenters. The zero-order chi connectivity index (χ0) is 12.6. The van der Waals surface area contributed by atoms with Crippen LogP contribution in [0.4, 0.5) is 0 Å². The van der Waals surface area contributed by atoms with Crippen LogP contribution in [0, 0.1) is 27.7 Å². The fourth-order valence-corrected chi connectivity index (χ4v) is 2.64. The summed E-state index contributed by atoms with van der Waals surface area (Å²) in [5, 5.41) is 0.940. The van der Waals surface area contributed by atoms with Crippen LogP contribution in [0.15, 0.2) is 18.2 Å². The number of hydrogen-bond donors (Lipinski definition) is 0. The quantitative estimate of drug-likeness (QED) is 0.756. The Balaban J connectivity index is 2.44. The van der Waals surface area contributed by atoms with Gasteiger partial charge in [-0.2, -0.15) is 0 Å². The predicted octanol–water partition coefficient (Wildman–Crippen LogP) is 3.61. The molecule has 0 fully saturated rings. The van der Waals surface area contributed by atoms with Gasteiger partial charge in [0.05, 0.1) is 15.6 Å². The van der Waals surface area contributed by atoms with Crippen LogP contribution in [0.25, 0.3) is 0 Å². The average molecular weight is 245 g/mol. The van der Waals surface area contributed by atoms with E-state index < -0.39 is 0 Å². The van der Waals surface area contributed by atoms with Gasteiger partial charge in [-0.1, -0.05) is 12.1 Å². The van der Waals surface area contributed by atoms with Crippen LogP contribution in [0.2, 0.25) is 0 Å². The molecule has 2 rings (SSSR count). The van der Waals surface area contributed by atoms with Crippen molar-refractivity contribution < 1.29 is 4.79 Å². The van der Waals surface area contributed by atoms with Gasteiger partial charge in [0, 0.05) is 5.56 Å². The van der Waals surface area contributed by atoms with E-state index in [4.69, 9.17) is 0 Å². The summed E-state index contributed by atoms with van der Waals surface area (Å²) in [6.07, 6.45) is 0. The molecular weight excluding hydrogens is 230 g/mol. The largest absolute Gasteiger partial charge is 0.288 e. The molecule has 1 aromatic heterocycles. The predicted molar refractivity (Wildman–Crippen MR) is 70.9 cm³/mol. The number of hydrogen-bond acceptors (Lipinski definition) is 3. The first-order chi connectivity index (χ1) is 7.99. The molecule has 1 heterocycles. The number of thiazole rings is 1. The normalized spacial score (nSPS) is 10.6. The zero-order valence-electron chi connectivity index (χ0n) is 10.5. The molecule has 2 aromatic rings. The van der Waals surface area contributed by atoms with Crippen molar-refractivity contribution >= 4 is 17.1 Å². The summed E-state index contributed by atoms with van der Waals surface area (Å²) in [5.41, 5.74) is 3.93. The summed E-state index contributed by atoms with van der Waals surface area (Å²) in [6.45, 7) is 7.88. The number of carbonyl (C=O) groups is 1. The van der Waals surface area contributed by atoms with Crippen LogP contribution in [0.1, 0.15) is 37.1 Å². The van der Waals surface area contributed by atoms with Crippen molar-refractivity contribution in [1.82, 2.24) is 4.98 Å². The fourth-order valence-electron chi connectivity index (χ4n) is 1.76. The smallest absolute Gasteiger partial charge is 0.204 e. The first-order valence-corrected chi connectivity index (χ1v) is 6.36. The first-order valence-electron chi connectivity index (χ1n) is 5.55. The molecule has 3 heteroatoms. The van der Waals surface area contributed by atoms with Crippen LogP contribution in [-0.2, 0) is 0 Å². The van der Waals surface area contributed by atoms with Crippen molar-refractivity contribution in [3.05, 3.63) is 50.5 Å². The number of aromatic nitrogens is 1. The van der Waals surface area contributed by atoms with E-state index in [0.29, 0.717) is 0 Å². The van der Waals surface area contributed by atoms with Crippen molar-refractivity contribution in [2.24, 2.45) is 0 Å². The molecule has 0 saturated heterocycles. The van der Waals surface area contributed by atoms with E-state index in [1.165, 1.54) is 16.9 Å². The molecule has 17 heavy (non-hydrogen) atoms. The summed E-state index contributed by atoms with van der Waals surface area (Å²) in [6, 6.07) is 5.83. The third kappa shape index (κ3) is 2.29. The number of carbonyl (C=O) groups excluding carboxylic acids is 1. The Bertz CT molecular complexity index is 584. The topological polar surface area (TPSA) is 30.0 Å². The van der Waals surface area contributed by atoms with Gasteiger partial charge in [-0.05, 0) is 44.9 Å². The zero-order valence-corrected chi connectivity index (χ0v) is 11.3. The summed E-state index contributed by atoms with van der Waals surface area (Å²) in [5.74, 6) is 0.0798. The molecule has 0 N–H and O–H groups in total. The van der Waals surface area contributed by atoms with Gasteiger partial charge in [-0.15, -0.1) is 11.3 Å². The second kappa shape index (κ2) is 4.41. The van der Waals surface area contributed by atoms with Gasteiger partial charge in [0.25, 0.3) is 0 Å². The summed E-state index contributed by atoms with van der Waals surface area (Å²) < 4.78 is 0. The van der Waals surface area contributed by atoms with Crippen LogP contribution >= 0.6 is 11.3 Å². The van der Waals surface area contributed by atoms with Crippen LogP contribution < -0.4 is 0 Å². The highest BCUT2D eigenvalue weighted by Crippen LogP contribution is 2.22. The van der Waals surface area contributed by atoms with Crippen molar-refractivity contribution in [1.29, 1.82) is 0 Å². The molecule has 88 valence electrons. The van der Waals surface area contributed by atoms with Gasteiger partial charge in [0.1, 0.15) is 0 Å². The lowest BCUT2D eigenvalue weighted by Crippen LogP contribution is -2.01. The van der Waals surface area contributed by atoms with Crippen LogP contribution in [0.5, 0.6) is 0 Å². The Morgan fingerprint density at radius 3 is 2.35 bits per heavy atom. The summed E-state index contributed by atoms with van der Waals surface area (Å²) in [7, 11) is 0. The third-order valence-electron chi connectivity index (χ3n) is 2.88. The second-order valence-corrected chi connectivity index (χ2v) is 5.48. The molecular formula is C14H15NOS. The van der Waals surface area contributed by atoms with Crippen molar-refractivity contribution in [2.75, 3.05) is 0 Å². The SMILES string of the molecule is Cc1nc(C)c(C(=O)c2ccc(C)c(C)c2)s1. The lowest BCUT2D eigenvalue weighted by molar-refractivity contribution is 0.104. The van der Waals surface area contributed by atoms with Crippen LogP contribution in [-0.4, -0.2) is 10.8 Å². The van der Waals surface area contributed by atoms with Gasteiger partial charge >= 0.3 is 0 Å². The maximum atomic E-state index is 12.3.